The van der Waals surface area contributed by atoms with Crippen molar-refractivity contribution >= 4 is 29.2 Å². The molecule has 1 aliphatic rings. The van der Waals surface area contributed by atoms with E-state index in [0.29, 0.717) is 36.4 Å². The molecule has 0 unspecified atom stereocenters. The molecule has 0 bridgehead atoms. The van der Waals surface area contributed by atoms with Crippen LogP contribution in [-0.2, 0) is 6.54 Å². The van der Waals surface area contributed by atoms with Gasteiger partial charge >= 0.3 is 0 Å². The Balaban J connectivity index is 1.58. The van der Waals surface area contributed by atoms with Crippen molar-refractivity contribution in [3.05, 3.63) is 65.2 Å². The molecule has 2 aromatic carbocycles. The van der Waals surface area contributed by atoms with E-state index in [0.717, 1.165) is 13.1 Å². The Hall–Kier alpha value is -2.58. The van der Waals surface area contributed by atoms with Crippen molar-refractivity contribution in [2.45, 2.75) is 6.54 Å². The number of hydrogen-bond acceptors (Lipinski definition) is 4. The third-order valence-electron chi connectivity index (χ3n) is 4.42. The first-order valence-corrected chi connectivity index (χ1v) is 9.02. The number of anilines is 1. The minimum atomic E-state index is -0.308. The van der Waals surface area contributed by atoms with Gasteiger partial charge in [0.2, 0.25) is 0 Å². The number of thiocarbonyl (C=S) groups is 1. The van der Waals surface area contributed by atoms with Crippen molar-refractivity contribution in [1.82, 2.24) is 10.3 Å². The molecule has 1 saturated heterocycles. The molecule has 0 saturated carbocycles. The average Bonchev–Trinajstić information content (AvgIpc) is 2.64. The molecule has 0 amide bonds. The molecular weight excluding hydrogens is 368 g/mol. The summed E-state index contributed by atoms with van der Waals surface area (Å²) in [6, 6.07) is 11.8. The average molecular weight is 389 g/mol. The molecule has 142 valence electrons. The van der Waals surface area contributed by atoms with Crippen molar-refractivity contribution < 1.29 is 8.78 Å². The Morgan fingerprint density at radius 3 is 2.52 bits per heavy atom. The maximum Gasteiger partial charge on any atom is 0.184 e. The second kappa shape index (κ2) is 8.88. The molecule has 0 aliphatic carbocycles. The minimum absolute atomic E-state index is 0.0524. The number of piperazine rings is 1. The molecule has 1 heterocycles. The maximum absolute atomic E-state index is 14.5. The van der Waals surface area contributed by atoms with Crippen LogP contribution in [0.2, 0.25) is 0 Å². The lowest BCUT2D eigenvalue weighted by molar-refractivity contribution is 0.246. The van der Waals surface area contributed by atoms with Crippen LogP contribution in [0, 0.1) is 11.6 Å². The van der Waals surface area contributed by atoms with Crippen molar-refractivity contribution in [2.75, 3.05) is 31.1 Å². The van der Waals surface area contributed by atoms with Gasteiger partial charge in [-0.25, -0.2) is 8.78 Å². The summed E-state index contributed by atoms with van der Waals surface area (Å²) in [6.45, 7) is 3.42. The summed E-state index contributed by atoms with van der Waals surface area (Å²) in [6.07, 6.45) is 1.46. The standard InChI is InChI=1S/C19H21F2N5S/c20-16-4-2-1-3-15(16)13-25-7-9-26(10-8-25)18-6-5-14(11-17(18)21)12-23-24-19(22)27/h1-6,11-12H,7-10,13H2,(H3,22,24,27)/b23-12+. The number of hydrogen-bond donors (Lipinski definition) is 2. The van der Waals surface area contributed by atoms with Crippen LogP contribution >= 0.6 is 12.2 Å². The van der Waals surface area contributed by atoms with Crippen molar-refractivity contribution in [1.29, 1.82) is 0 Å². The Bertz CT molecular complexity index is 835. The monoisotopic (exact) mass is 389 g/mol. The van der Waals surface area contributed by atoms with E-state index in [4.69, 9.17) is 5.73 Å². The second-order valence-corrected chi connectivity index (χ2v) is 6.74. The van der Waals surface area contributed by atoms with Crippen molar-refractivity contribution in [2.24, 2.45) is 10.8 Å². The molecule has 0 radical (unpaired) electrons. The highest BCUT2D eigenvalue weighted by Crippen LogP contribution is 2.22. The smallest absolute Gasteiger partial charge is 0.184 e. The summed E-state index contributed by atoms with van der Waals surface area (Å²) < 4.78 is 28.3. The van der Waals surface area contributed by atoms with Gasteiger partial charge in [-0.2, -0.15) is 5.10 Å². The van der Waals surface area contributed by atoms with E-state index in [9.17, 15) is 8.78 Å². The molecule has 8 heteroatoms. The lowest BCUT2D eigenvalue weighted by atomic mass is 10.1. The number of hydrazone groups is 1. The van der Waals surface area contributed by atoms with Gasteiger partial charge in [-0.15, -0.1) is 0 Å². The van der Waals surface area contributed by atoms with Gasteiger partial charge in [0.15, 0.2) is 5.11 Å². The summed E-state index contributed by atoms with van der Waals surface area (Å²) in [5.41, 5.74) is 9.56. The lowest BCUT2D eigenvalue weighted by Gasteiger charge is -2.36. The fourth-order valence-corrected chi connectivity index (χ4v) is 3.10. The first-order valence-electron chi connectivity index (χ1n) is 8.61. The molecule has 27 heavy (non-hydrogen) atoms. The van der Waals surface area contributed by atoms with Crippen molar-refractivity contribution in [3.8, 4) is 0 Å². The van der Waals surface area contributed by atoms with E-state index in [2.05, 4.69) is 27.6 Å². The van der Waals surface area contributed by atoms with E-state index in [1.807, 2.05) is 11.0 Å². The quantitative estimate of drug-likeness (QED) is 0.467. The van der Waals surface area contributed by atoms with Gasteiger partial charge in [-0.1, -0.05) is 24.3 Å². The summed E-state index contributed by atoms with van der Waals surface area (Å²) >= 11 is 4.65. The van der Waals surface area contributed by atoms with Crippen LogP contribution < -0.4 is 16.1 Å². The molecule has 1 aliphatic heterocycles. The van der Waals surface area contributed by atoms with Crippen LogP contribution in [0.5, 0.6) is 0 Å². The molecular formula is C19H21F2N5S. The SMILES string of the molecule is NC(=S)N/N=C/c1ccc(N2CCN(Cc3ccccc3F)CC2)c(F)c1. The summed E-state index contributed by atoms with van der Waals surface area (Å²) in [5, 5.41) is 3.87. The van der Waals surface area contributed by atoms with E-state index in [-0.39, 0.29) is 16.7 Å². The van der Waals surface area contributed by atoms with Gasteiger partial charge in [-0.3, -0.25) is 10.3 Å². The zero-order valence-corrected chi connectivity index (χ0v) is 15.6. The van der Waals surface area contributed by atoms with Gasteiger partial charge in [0.1, 0.15) is 11.6 Å². The molecule has 5 nitrogen and oxygen atoms in total. The van der Waals surface area contributed by atoms with Gasteiger partial charge in [0.25, 0.3) is 0 Å². The third kappa shape index (κ3) is 5.21. The Labute approximate surface area is 162 Å². The summed E-state index contributed by atoms with van der Waals surface area (Å²) in [7, 11) is 0. The third-order valence-corrected chi connectivity index (χ3v) is 4.52. The first kappa shape index (κ1) is 19.2. The topological polar surface area (TPSA) is 56.9 Å². The lowest BCUT2D eigenvalue weighted by Crippen LogP contribution is -2.46. The van der Waals surface area contributed by atoms with E-state index in [1.165, 1.54) is 18.3 Å². The molecule has 0 spiro atoms. The van der Waals surface area contributed by atoms with E-state index in [1.54, 1.807) is 24.3 Å². The van der Waals surface area contributed by atoms with Gasteiger partial charge in [-0.05, 0) is 36.0 Å². The molecule has 1 fully saturated rings. The largest absolute Gasteiger partial charge is 0.375 e. The summed E-state index contributed by atoms with van der Waals surface area (Å²) in [4.78, 5) is 4.18. The molecule has 0 atom stereocenters. The summed E-state index contributed by atoms with van der Waals surface area (Å²) in [5.74, 6) is -0.495. The van der Waals surface area contributed by atoms with Gasteiger partial charge in [0, 0.05) is 38.3 Å². The van der Waals surface area contributed by atoms with Crippen LogP contribution in [0.1, 0.15) is 11.1 Å². The van der Waals surface area contributed by atoms with Crippen molar-refractivity contribution in [3.63, 3.8) is 0 Å². The van der Waals surface area contributed by atoms with Crippen LogP contribution in [0.25, 0.3) is 0 Å². The zero-order valence-electron chi connectivity index (χ0n) is 14.7. The van der Waals surface area contributed by atoms with E-state index >= 15 is 0 Å². The normalized spacial score (nSPS) is 15.3. The number of nitrogens with zero attached hydrogens (tertiary/aromatic N) is 3. The highest BCUT2D eigenvalue weighted by atomic mass is 32.1. The zero-order chi connectivity index (χ0) is 19.2. The van der Waals surface area contributed by atoms with Crippen LogP contribution in [-0.4, -0.2) is 42.4 Å². The fourth-order valence-electron chi connectivity index (χ4n) is 3.04. The fraction of sp³-hybridized carbons (Fsp3) is 0.263. The molecule has 3 rings (SSSR count). The molecule has 3 N–H and O–H groups in total. The minimum Gasteiger partial charge on any atom is -0.375 e. The predicted molar refractivity (Wildman–Crippen MR) is 108 cm³/mol. The van der Waals surface area contributed by atoms with Crippen LogP contribution in [0.3, 0.4) is 0 Å². The Kier molecular flexibility index (Phi) is 6.31. The number of rotatable bonds is 5. The first-order chi connectivity index (χ1) is 13.0. The Morgan fingerprint density at radius 1 is 1.11 bits per heavy atom. The highest BCUT2D eigenvalue weighted by molar-refractivity contribution is 7.80. The number of benzene rings is 2. The predicted octanol–water partition coefficient (Wildman–Crippen LogP) is 2.45. The Morgan fingerprint density at radius 2 is 1.85 bits per heavy atom. The van der Waals surface area contributed by atoms with Crippen LogP contribution in [0.15, 0.2) is 47.6 Å². The number of nitrogens with two attached hydrogens (primary N) is 1. The van der Waals surface area contributed by atoms with E-state index < -0.39 is 0 Å². The van der Waals surface area contributed by atoms with Crippen LogP contribution in [0.4, 0.5) is 14.5 Å². The second-order valence-electron chi connectivity index (χ2n) is 6.30. The van der Waals surface area contributed by atoms with Gasteiger partial charge in [0.05, 0.1) is 11.9 Å². The molecule has 0 aromatic heterocycles. The molecule has 2 aromatic rings. The number of nitrogens with one attached hydrogen (secondary N) is 1. The number of halogens is 2. The maximum atomic E-state index is 14.5. The highest BCUT2D eigenvalue weighted by Gasteiger charge is 2.20. The van der Waals surface area contributed by atoms with Gasteiger partial charge < -0.3 is 10.6 Å².